The van der Waals surface area contributed by atoms with Crippen LogP contribution in [-0.4, -0.2) is 40.4 Å². The number of aliphatic hydroxyl groups excluding tert-OH is 1. The van der Waals surface area contributed by atoms with E-state index in [0.717, 1.165) is 22.8 Å². The predicted molar refractivity (Wildman–Crippen MR) is 109 cm³/mol. The molecule has 2 aromatic rings. The number of carboxylic acid groups (broad SMARTS) is 2. The van der Waals surface area contributed by atoms with Crippen LogP contribution in [0.3, 0.4) is 0 Å². The number of aryl methyl sites for hydroxylation is 1. The molecule has 0 amide bonds. The fraction of sp³-hybridized carbons (Fsp3) is 0.263. The molecule has 0 bridgehead atoms. The summed E-state index contributed by atoms with van der Waals surface area (Å²) in [6, 6.07) is 6.89. The normalized spacial score (nSPS) is 12.3. The Labute approximate surface area is 170 Å². The summed E-state index contributed by atoms with van der Waals surface area (Å²) >= 11 is 1.72. The number of anilines is 3. The first kappa shape index (κ1) is 22.3. The smallest absolute Gasteiger partial charge is 0.328 e. The monoisotopic (exact) mass is 423 g/mol. The molecule has 1 aromatic heterocycles. The van der Waals surface area contributed by atoms with Gasteiger partial charge in [-0.2, -0.15) is 0 Å². The van der Waals surface area contributed by atoms with Crippen LogP contribution < -0.4 is 15.8 Å². The minimum atomic E-state index is -1.26. The fourth-order valence-electron chi connectivity index (χ4n) is 2.57. The molecule has 0 fully saturated rings. The SMILES string of the molecule is CCc1cc2c(s1)N(NCCO)c1ccc(F)cc1NC2.O=C(O)/C=C\C(=O)O. The number of aliphatic carboxylic acids is 2. The van der Waals surface area contributed by atoms with Gasteiger partial charge in [-0.05, 0) is 30.7 Å². The highest BCUT2D eigenvalue weighted by molar-refractivity contribution is 7.16. The number of carbonyl (C=O) groups is 2. The number of hydrazine groups is 1. The second-order valence-electron chi connectivity index (χ2n) is 5.89. The predicted octanol–water partition coefficient (Wildman–Crippen LogP) is 2.72. The zero-order valence-electron chi connectivity index (χ0n) is 15.7. The molecule has 0 unspecified atom stereocenters. The van der Waals surface area contributed by atoms with Crippen LogP contribution >= 0.6 is 11.3 Å². The quantitative estimate of drug-likeness (QED) is 0.450. The van der Waals surface area contributed by atoms with Gasteiger partial charge in [-0.15, -0.1) is 11.3 Å². The Hall–Kier alpha value is -2.95. The number of halogens is 1. The Bertz CT molecular complexity index is 884. The van der Waals surface area contributed by atoms with E-state index in [1.165, 1.54) is 22.6 Å². The van der Waals surface area contributed by atoms with Crippen molar-refractivity contribution in [3.8, 4) is 0 Å². The summed E-state index contributed by atoms with van der Waals surface area (Å²) in [7, 11) is 0. The lowest BCUT2D eigenvalue weighted by atomic mass is 10.2. The van der Waals surface area contributed by atoms with Gasteiger partial charge in [0.05, 0.1) is 18.0 Å². The molecule has 1 aliphatic heterocycles. The van der Waals surface area contributed by atoms with Gasteiger partial charge in [-0.1, -0.05) is 6.92 Å². The van der Waals surface area contributed by atoms with Crippen molar-refractivity contribution in [1.82, 2.24) is 5.43 Å². The van der Waals surface area contributed by atoms with Gasteiger partial charge in [0.1, 0.15) is 10.8 Å². The van der Waals surface area contributed by atoms with E-state index in [-0.39, 0.29) is 12.4 Å². The van der Waals surface area contributed by atoms with Gasteiger partial charge in [-0.25, -0.2) is 19.4 Å². The molecule has 29 heavy (non-hydrogen) atoms. The van der Waals surface area contributed by atoms with E-state index in [1.54, 1.807) is 17.4 Å². The first-order valence-electron chi connectivity index (χ1n) is 8.79. The second-order valence-corrected chi connectivity index (χ2v) is 7.00. The first-order chi connectivity index (χ1) is 13.8. The number of nitrogens with one attached hydrogen (secondary N) is 2. The number of carboxylic acids is 2. The Kier molecular flexibility index (Phi) is 8.13. The second kappa shape index (κ2) is 10.6. The maximum absolute atomic E-state index is 13.5. The van der Waals surface area contributed by atoms with Crippen LogP contribution in [0, 0.1) is 5.82 Å². The Balaban J connectivity index is 0.000000321. The van der Waals surface area contributed by atoms with Crippen molar-refractivity contribution in [3.63, 3.8) is 0 Å². The van der Waals surface area contributed by atoms with Crippen LogP contribution in [0.1, 0.15) is 17.4 Å². The first-order valence-corrected chi connectivity index (χ1v) is 9.60. The number of fused-ring (bicyclic) bond motifs is 2. The third-order valence-corrected chi connectivity index (χ3v) is 5.12. The van der Waals surface area contributed by atoms with Gasteiger partial charge < -0.3 is 20.6 Å². The molecule has 0 radical (unpaired) electrons. The molecule has 3 rings (SSSR count). The van der Waals surface area contributed by atoms with Crippen LogP contribution in [0.25, 0.3) is 0 Å². The number of hydrogen-bond acceptors (Lipinski definition) is 7. The maximum Gasteiger partial charge on any atom is 0.328 e. The number of thiophene rings is 1. The average molecular weight is 423 g/mol. The lowest BCUT2D eigenvalue weighted by Gasteiger charge is -2.24. The number of aliphatic hydroxyl groups is 1. The minimum Gasteiger partial charge on any atom is -0.478 e. The van der Waals surface area contributed by atoms with Crippen molar-refractivity contribution in [2.24, 2.45) is 0 Å². The molecular weight excluding hydrogens is 401 g/mol. The molecule has 1 aromatic carbocycles. The average Bonchev–Trinajstić information content (AvgIpc) is 3.04. The van der Waals surface area contributed by atoms with E-state index in [4.69, 9.17) is 15.3 Å². The van der Waals surface area contributed by atoms with Gasteiger partial charge in [0.25, 0.3) is 0 Å². The third-order valence-electron chi connectivity index (χ3n) is 3.81. The van der Waals surface area contributed by atoms with Crippen molar-refractivity contribution < 1.29 is 29.3 Å². The van der Waals surface area contributed by atoms with E-state index in [1.807, 2.05) is 5.01 Å². The molecule has 5 N–H and O–H groups in total. The summed E-state index contributed by atoms with van der Waals surface area (Å²) in [6.07, 6.45) is 2.10. The van der Waals surface area contributed by atoms with Crippen LogP contribution in [-0.2, 0) is 22.6 Å². The molecule has 0 saturated heterocycles. The minimum absolute atomic E-state index is 0.0435. The molecule has 0 saturated carbocycles. The summed E-state index contributed by atoms with van der Waals surface area (Å²) in [5, 5.41) is 31.1. The lowest BCUT2D eigenvalue weighted by Crippen LogP contribution is -2.35. The lowest BCUT2D eigenvalue weighted by molar-refractivity contribution is -0.134. The van der Waals surface area contributed by atoms with E-state index in [0.29, 0.717) is 25.2 Å². The highest BCUT2D eigenvalue weighted by Gasteiger charge is 2.23. The van der Waals surface area contributed by atoms with E-state index >= 15 is 0 Å². The summed E-state index contributed by atoms with van der Waals surface area (Å²) in [4.78, 5) is 20.4. The summed E-state index contributed by atoms with van der Waals surface area (Å²) < 4.78 is 13.5. The molecule has 0 atom stereocenters. The van der Waals surface area contributed by atoms with Crippen molar-refractivity contribution in [2.45, 2.75) is 19.9 Å². The molecule has 10 heteroatoms. The Morgan fingerprint density at radius 3 is 2.55 bits per heavy atom. The zero-order chi connectivity index (χ0) is 21.4. The summed E-state index contributed by atoms with van der Waals surface area (Å²) in [5.41, 5.74) is 6.01. The van der Waals surface area contributed by atoms with Crippen LogP contribution in [0.4, 0.5) is 20.8 Å². The molecule has 0 spiro atoms. The Morgan fingerprint density at radius 1 is 1.28 bits per heavy atom. The summed E-state index contributed by atoms with van der Waals surface area (Å²) in [5.74, 6) is -2.78. The fourth-order valence-corrected chi connectivity index (χ4v) is 3.68. The largest absolute Gasteiger partial charge is 0.478 e. The van der Waals surface area contributed by atoms with Crippen LogP contribution in [0.15, 0.2) is 36.4 Å². The zero-order valence-corrected chi connectivity index (χ0v) is 16.5. The van der Waals surface area contributed by atoms with Crippen LogP contribution in [0.5, 0.6) is 0 Å². The van der Waals surface area contributed by atoms with Gasteiger partial charge in [0, 0.05) is 35.7 Å². The number of hydrogen-bond donors (Lipinski definition) is 5. The van der Waals surface area contributed by atoms with Crippen molar-refractivity contribution >= 4 is 39.7 Å². The van der Waals surface area contributed by atoms with Crippen LogP contribution in [0.2, 0.25) is 0 Å². The highest BCUT2D eigenvalue weighted by atomic mass is 32.1. The van der Waals surface area contributed by atoms with Gasteiger partial charge in [0.15, 0.2) is 0 Å². The molecule has 1 aliphatic rings. The van der Waals surface area contributed by atoms with Crippen molar-refractivity contribution in [3.05, 3.63) is 52.7 Å². The maximum atomic E-state index is 13.5. The topological polar surface area (TPSA) is 122 Å². The molecule has 2 heterocycles. The van der Waals surface area contributed by atoms with E-state index in [2.05, 4.69) is 23.7 Å². The van der Waals surface area contributed by atoms with Gasteiger partial charge in [0.2, 0.25) is 0 Å². The standard InChI is InChI=1S/C15H18FN3OS.C4H4O4/c1-2-12-7-10-9-17-13-8-11(16)3-4-14(13)19(15(10)21-12)18-5-6-20;5-3(6)1-2-4(7)8/h3-4,7-8,17-18,20H,2,5-6,9H2,1H3;1-2H,(H,5,6)(H,7,8)/b;2-1-. The van der Waals surface area contributed by atoms with E-state index in [9.17, 15) is 14.0 Å². The molecular formula is C19H22FN3O5S. The van der Waals surface area contributed by atoms with Crippen molar-refractivity contribution in [1.29, 1.82) is 0 Å². The molecule has 8 nitrogen and oxygen atoms in total. The summed E-state index contributed by atoms with van der Waals surface area (Å²) in [6.45, 7) is 3.28. The van der Waals surface area contributed by atoms with E-state index < -0.39 is 11.9 Å². The number of benzene rings is 1. The third kappa shape index (κ3) is 6.28. The van der Waals surface area contributed by atoms with Gasteiger partial charge >= 0.3 is 11.9 Å². The number of rotatable bonds is 6. The molecule has 156 valence electrons. The highest BCUT2D eigenvalue weighted by Crippen LogP contribution is 2.41. The molecule has 0 aliphatic carbocycles. The van der Waals surface area contributed by atoms with Crippen molar-refractivity contribution in [2.75, 3.05) is 23.5 Å². The van der Waals surface area contributed by atoms with Gasteiger partial charge in [-0.3, -0.25) is 5.01 Å². The Morgan fingerprint density at radius 2 is 1.97 bits per heavy atom. The number of nitrogens with zero attached hydrogens (tertiary/aromatic N) is 1.